The third kappa shape index (κ3) is 2.97. The van der Waals surface area contributed by atoms with Gasteiger partial charge in [-0.1, -0.05) is 29.3 Å². The van der Waals surface area contributed by atoms with E-state index in [2.05, 4.69) is 17.1 Å². The van der Waals surface area contributed by atoms with Gasteiger partial charge in [0.1, 0.15) is 29.5 Å². The Kier molecular flexibility index (Phi) is 4.87. The Morgan fingerprint density at radius 1 is 1.10 bits per heavy atom. The molecule has 0 saturated carbocycles. The fourth-order valence-corrected chi connectivity index (χ4v) is 4.00. The number of hydrogen-bond acceptors (Lipinski definition) is 5. The molecule has 0 bridgehead atoms. The number of aromatic nitrogens is 1. The zero-order chi connectivity index (χ0) is 21.6. The second-order valence-electron chi connectivity index (χ2n) is 6.81. The van der Waals surface area contributed by atoms with Crippen molar-refractivity contribution < 1.29 is 4.42 Å². The van der Waals surface area contributed by atoms with Crippen LogP contribution in [0.25, 0.3) is 28.5 Å². The normalized spacial score (nSPS) is 14.0. The summed E-state index contributed by atoms with van der Waals surface area (Å²) in [5.41, 5.74) is 10.7. The number of fused-ring (bicyclic) bond motifs is 1. The van der Waals surface area contributed by atoms with Crippen LogP contribution >= 0.6 is 23.2 Å². The molecule has 0 aliphatic heterocycles. The van der Waals surface area contributed by atoms with E-state index in [1.165, 1.54) is 0 Å². The van der Waals surface area contributed by atoms with Crippen LogP contribution in [0.4, 0.5) is 5.82 Å². The molecule has 0 amide bonds. The molecule has 4 rings (SSSR count). The Morgan fingerprint density at radius 2 is 1.87 bits per heavy atom. The Balaban J connectivity index is 1.88. The molecule has 2 N–H and O–H groups in total. The van der Waals surface area contributed by atoms with E-state index in [4.69, 9.17) is 33.4 Å². The van der Waals surface area contributed by atoms with Gasteiger partial charge in [-0.25, -0.2) is 4.98 Å². The minimum Gasteiger partial charge on any atom is -0.457 e. The van der Waals surface area contributed by atoms with E-state index in [1.807, 2.05) is 25.1 Å². The van der Waals surface area contributed by atoms with Crippen molar-refractivity contribution in [2.45, 2.75) is 13.8 Å². The number of nitrogens with zero attached hydrogens (tertiary/aromatic N) is 3. The molecule has 1 aromatic carbocycles. The lowest BCUT2D eigenvalue weighted by atomic mass is 9.96. The van der Waals surface area contributed by atoms with Gasteiger partial charge in [0.05, 0.1) is 26.9 Å². The lowest BCUT2D eigenvalue weighted by molar-refractivity contribution is 0.572. The van der Waals surface area contributed by atoms with Gasteiger partial charge in [0.2, 0.25) is 0 Å². The molecule has 3 aromatic rings. The van der Waals surface area contributed by atoms with Crippen LogP contribution < -0.4 is 5.73 Å². The zero-order valence-electron chi connectivity index (χ0n) is 16.0. The van der Waals surface area contributed by atoms with E-state index in [-0.39, 0.29) is 5.82 Å². The first kappa shape index (κ1) is 19.8. The third-order valence-electron chi connectivity index (χ3n) is 5.11. The van der Waals surface area contributed by atoms with E-state index in [0.29, 0.717) is 55.1 Å². The maximum Gasteiger partial charge on any atom is 0.142 e. The van der Waals surface area contributed by atoms with Crippen LogP contribution in [0.2, 0.25) is 10.0 Å². The summed E-state index contributed by atoms with van der Waals surface area (Å²) >= 11 is 12.4. The molecule has 0 radical (unpaired) electrons. The van der Waals surface area contributed by atoms with Gasteiger partial charge >= 0.3 is 0 Å². The van der Waals surface area contributed by atoms with Crippen LogP contribution in [0.1, 0.15) is 35.1 Å². The monoisotopic (exact) mass is 432 g/mol. The van der Waals surface area contributed by atoms with Crippen LogP contribution in [0.15, 0.2) is 40.3 Å². The lowest BCUT2D eigenvalue weighted by Gasteiger charge is -2.10. The van der Waals surface area contributed by atoms with Crippen molar-refractivity contribution in [1.29, 1.82) is 10.5 Å². The summed E-state index contributed by atoms with van der Waals surface area (Å²) in [7, 11) is 0. The fraction of sp³-hybridized carbons (Fsp3) is 0.0870. The van der Waals surface area contributed by atoms with Crippen molar-refractivity contribution in [3.8, 4) is 23.5 Å². The highest BCUT2D eigenvalue weighted by molar-refractivity contribution is 6.43. The molecule has 0 unspecified atom stereocenters. The summed E-state index contributed by atoms with van der Waals surface area (Å²) in [5, 5.41) is 20.0. The minimum atomic E-state index is 0.117. The number of nitrogens with two attached hydrogens (primary N) is 1. The molecule has 0 spiro atoms. The molecule has 0 saturated heterocycles. The molecular formula is C23H14Cl2N4O. The van der Waals surface area contributed by atoms with E-state index >= 15 is 0 Å². The van der Waals surface area contributed by atoms with Crippen LogP contribution in [0.3, 0.4) is 0 Å². The smallest absolute Gasteiger partial charge is 0.142 e. The molecule has 2 heterocycles. The van der Waals surface area contributed by atoms with E-state index in [0.717, 1.165) is 11.1 Å². The summed E-state index contributed by atoms with van der Waals surface area (Å²) in [6.45, 7) is 3.64. The molecular weight excluding hydrogens is 419 g/mol. The number of nitriles is 2. The lowest BCUT2D eigenvalue weighted by Crippen LogP contribution is -2.03. The quantitative estimate of drug-likeness (QED) is 0.514. The largest absolute Gasteiger partial charge is 0.457 e. The number of hydrogen-bond donors (Lipinski definition) is 1. The van der Waals surface area contributed by atoms with Gasteiger partial charge in [-0.05, 0) is 60.9 Å². The number of anilines is 1. The maximum atomic E-state index is 9.65. The highest BCUT2D eigenvalue weighted by Gasteiger charge is 2.30. The molecule has 30 heavy (non-hydrogen) atoms. The van der Waals surface area contributed by atoms with Crippen molar-refractivity contribution in [3.05, 3.63) is 74.1 Å². The average Bonchev–Trinajstić information content (AvgIpc) is 3.27. The SMILES string of the molecule is CC1=C(C#N)c2nc(N)c(C#N)c(C)c2/C1=C/c1ccc(-c2cccc(Cl)c2Cl)o1. The van der Waals surface area contributed by atoms with Crippen LogP contribution in [0, 0.1) is 29.6 Å². The molecule has 146 valence electrons. The first-order chi connectivity index (χ1) is 14.4. The van der Waals surface area contributed by atoms with E-state index in [1.54, 1.807) is 25.1 Å². The summed E-state index contributed by atoms with van der Waals surface area (Å²) in [4.78, 5) is 4.33. The van der Waals surface area contributed by atoms with Gasteiger partial charge in [0, 0.05) is 11.1 Å². The summed E-state index contributed by atoms with van der Waals surface area (Å²) < 4.78 is 5.98. The van der Waals surface area contributed by atoms with Crippen molar-refractivity contribution in [3.63, 3.8) is 0 Å². The predicted molar refractivity (Wildman–Crippen MR) is 118 cm³/mol. The van der Waals surface area contributed by atoms with Crippen LogP contribution in [-0.4, -0.2) is 4.98 Å². The van der Waals surface area contributed by atoms with E-state index in [9.17, 15) is 10.5 Å². The Morgan fingerprint density at radius 3 is 2.57 bits per heavy atom. The number of benzene rings is 1. The van der Waals surface area contributed by atoms with Gasteiger partial charge in [-0.3, -0.25) is 0 Å². The van der Waals surface area contributed by atoms with Crippen molar-refractivity contribution in [1.82, 2.24) is 4.98 Å². The van der Waals surface area contributed by atoms with Crippen LogP contribution in [0.5, 0.6) is 0 Å². The van der Waals surface area contributed by atoms with Gasteiger partial charge in [-0.2, -0.15) is 10.5 Å². The highest BCUT2D eigenvalue weighted by atomic mass is 35.5. The second-order valence-corrected chi connectivity index (χ2v) is 7.59. The second kappa shape index (κ2) is 7.39. The number of nitrogen functional groups attached to an aromatic ring is 1. The van der Waals surface area contributed by atoms with Crippen molar-refractivity contribution in [2.24, 2.45) is 0 Å². The Bertz CT molecular complexity index is 1370. The zero-order valence-corrected chi connectivity index (χ0v) is 17.6. The fourth-order valence-electron chi connectivity index (χ4n) is 3.61. The number of rotatable bonds is 2. The summed E-state index contributed by atoms with van der Waals surface area (Å²) in [6, 6.07) is 13.2. The van der Waals surface area contributed by atoms with Gasteiger partial charge in [0.25, 0.3) is 0 Å². The first-order valence-corrected chi connectivity index (χ1v) is 9.71. The molecule has 0 fully saturated rings. The minimum absolute atomic E-state index is 0.117. The number of furan rings is 1. The van der Waals surface area contributed by atoms with Gasteiger partial charge < -0.3 is 10.2 Å². The van der Waals surface area contributed by atoms with Crippen molar-refractivity contribution >= 4 is 46.2 Å². The molecule has 7 heteroatoms. The maximum absolute atomic E-state index is 9.65. The number of allylic oxidation sites excluding steroid dienone is 3. The predicted octanol–water partition coefficient (Wildman–Crippen LogP) is 6.26. The van der Waals surface area contributed by atoms with E-state index < -0.39 is 0 Å². The first-order valence-electron chi connectivity index (χ1n) is 8.95. The summed E-state index contributed by atoms with van der Waals surface area (Å²) in [6.07, 6.45) is 1.83. The van der Waals surface area contributed by atoms with Gasteiger partial charge in [-0.15, -0.1) is 0 Å². The molecule has 0 atom stereocenters. The number of pyridine rings is 1. The average molecular weight is 433 g/mol. The molecule has 1 aliphatic carbocycles. The topological polar surface area (TPSA) is 99.6 Å². The third-order valence-corrected chi connectivity index (χ3v) is 5.93. The molecule has 1 aliphatic rings. The van der Waals surface area contributed by atoms with Gasteiger partial charge in [0.15, 0.2) is 0 Å². The Hall–Kier alpha value is -3.51. The van der Waals surface area contributed by atoms with Crippen molar-refractivity contribution in [2.75, 3.05) is 5.73 Å². The number of halogens is 2. The molecule has 2 aromatic heterocycles. The standard InChI is InChI=1S/C23H14Cl2N4O/c1-11-15(20-12(2)17(10-27)23(28)29-22(20)16(11)9-26)8-13-6-7-19(30-13)14-4-3-5-18(24)21(14)25/h3-8H,1-2H3,(H2,28,29)/b15-8+. The van der Waals surface area contributed by atoms with Crippen LogP contribution in [-0.2, 0) is 0 Å². The summed E-state index contributed by atoms with van der Waals surface area (Å²) in [5.74, 6) is 1.25. The Labute approximate surface area is 183 Å². The highest BCUT2D eigenvalue weighted by Crippen LogP contribution is 2.44. The molecule has 5 nitrogen and oxygen atoms in total.